The van der Waals surface area contributed by atoms with Crippen LogP contribution in [-0.4, -0.2) is 111 Å². The quantitative estimate of drug-likeness (QED) is 0.258. The molecule has 0 aromatic carbocycles. The molecule has 0 aliphatic carbocycles. The third kappa shape index (κ3) is 4.50. The van der Waals surface area contributed by atoms with Crippen molar-refractivity contribution in [3.63, 3.8) is 0 Å². The molecular formula is C15H26O11. The predicted octanol–water partition coefficient (Wildman–Crippen LogP) is -3.76. The third-order valence-corrected chi connectivity index (χ3v) is 4.51. The average Bonchev–Trinajstić information content (AvgIpc) is 2.60. The molecule has 6 N–H and O–H groups in total. The molecule has 5 unspecified atom stereocenters. The number of hydrogen-bond donors (Lipinski definition) is 6. The first-order valence-electron chi connectivity index (χ1n) is 8.28. The molecule has 0 amide bonds. The molecule has 2 fully saturated rings. The van der Waals surface area contributed by atoms with Gasteiger partial charge in [-0.2, -0.15) is 0 Å². The number of carbonyl (C=O) groups excluding carboxylic acids is 1. The summed E-state index contributed by atoms with van der Waals surface area (Å²) in [5, 5.41) is 59.5. The summed E-state index contributed by atoms with van der Waals surface area (Å²) in [5.41, 5.74) is 0. The maximum Gasteiger partial charge on any atom is 0.302 e. The van der Waals surface area contributed by atoms with Gasteiger partial charge in [0.25, 0.3) is 0 Å². The SMILES string of the molecule is CC(=O)OCC1O[C@@H](O[C@@H]2C(CO)OC(C)C(O)[C@H]2O)C(O)[C@@H](O)[C@H]1O. The van der Waals surface area contributed by atoms with Crippen LogP contribution in [0.2, 0.25) is 0 Å². The minimum absolute atomic E-state index is 0.396. The Morgan fingerprint density at radius 1 is 0.923 bits per heavy atom. The number of hydrogen-bond acceptors (Lipinski definition) is 11. The summed E-state index contributed by atoms with van der Waals surface area (Å²) >= 11 is 0. The highest BCUT2D eigenvalue weighted by atomic mass is 16.7. The lowest BCUT2D eigenvalue weighted by Gasteiger charge is -2.45. The first-order chi connectivity index (χ1) is 12.2. The van der Waals surface area contributed by atoms with Crippen LogP contribution in [0.5, 0.6) is 0 Å². The average molecular weight is 382 g/mol. The smallest absolute Gasteiger partial charge is 0.302 e. The van der Waals surface area contributed by atoms with Crippen LogP contribution in [0.1, 0.15) is 13.8 Å². The van der Waals surface area contributed by atoms with Gasteiger partial charge in [0.15, 0.2) is 6.29 Å². The van der Waals surface area contributed by atoms with Crippen molar-refractivity contribution in [2.24, 2.45) is 0 Å². The van der Waals surface area contributed by atoms with Crippen LogP contribution in [0.4, 0.5) is 0 Å². The standard InChI is InChI=1S/C15H26O11/c1-5-9(18)12(21)14(7(3-16)24-5)26-15-13(22)11(20)10(19)8(25-15)4-23-6(2)17/h5,7-16,18-22H,3-4H2,1-2H3/t5?,7?,8?,9?,10-,11-,12+,13?,14+,15-/m0/s1. The molecule has 152 valence electrons. The minimum Gasteiger partial charge on any atom is -0.463 e. The lowest BCUT2D eigenvalue weighted by molar-refractivity contribution is -0.341. The normalized spacial score (nSPS) is 46.8. The molecule has 2 aliphatic heterocycles. The molecule has 11 heteroatoms. The number of carbonyl (C=O) groups is 1. The first kappa shape index (κ1) is 21.4. The van der Waals surface area contributed by atoms with E-state index >= 15 is 0 Å². The molecule has 2 aliphatic rings. The van der Waals surface area contributed by atoms with E-state index in [1.807, 2.05) is 0 Å². The molecule has 2 heterocycles. The maximum atomic E-state index is 10.9. The number of esters is 1. The van der Waals surface area contributed by atoms with E-state index in [4.69, 9.17) is 18.9 Å². The molecule has 26 heavy (non-hydrogen) atoms. The summed E-state index contributed by atoms with van der Waals surface area (Å²) in [6.45, 7) is 1.73. The monoisotopic (exact) mass is 382 g/mol. The van der Waals surface area contributed by atoms with Gasteiger partial charge in [-0.15, -0.1) is 0 Å². The van der Waals surface area contributed by atoms with E-state index in [9.17, 15) is 35.4 Å². The zero-order valence-corrected chi connectivity index (χ0v) is 14.4. The molecular weight excluding hydrogens is 356 g/mol. The van der Waals surface area contributed by atoms with E-state index < -0.39 is 80.4 Å². The van der Waals surface area contributed by atoms with Gasteiger partial charge in [0.05, 0.1) is 12.7 Å². The zero-order valence-electron chi connectivity index (χ0n) is 14.4. The fourth-order valence-electron chi connectivity index (χ4n) is 2.96. The van der Waals surface area contributed by atoms with Crippen molar-refractivity contribution in [3.05, 3.63) is 0 Å². The van der Waals surface area contributed by atoms with Crippen molar-refractivity contribution < 1.29 is 54.4 Å². The fourth-order valence-corrected chi connectivity index (χ4v) is 2.96. The second-order valence-electron chi connectivity index (χ2n) is 6.46. The maximum absolute atomic E-state index is 10.9. The Balaban J connectivity index is 2.10. The van der Waals surface area contributed by atoms with Crippen molar-refractivity contribution in [1.82, 2.24) is 0 Å². The number of aliphatic hydroxyl groups excluding tert-OH is 6. The number of aliphatic hydroxyl groups is 6. The number of rotatable bonds is 5. The van der Waals surface area contributed by atoms with Gasteiger partial charge in [-0.05, 0) is 6.92 Å². The van der Waals surface area contributed by atoms with Gasteiger partial charge in [-0.1, -0.05) is 0 Å². The van der Waals surface area contributed by atoms with Gasteiger partial charge >= 0.3 is 5.97 Å². The van der Waals surface area contributed by atoms with Crippen LogP contribution < -0.4 is 0 Å². The van der Waals surface area contributed by atoms with Crippen LogP contribution >= 0.6 is 0 Å². The van der Waals surface area contributed by atoms with Gasteiger partial charge in [0.2, 0.25) is 0 Å². The highest BCUT2D eigenvalue weighted by Gasteiger charge is 2.49. The topological polar surface area (TPSA) is 175 Å². The van der Waals surface area contributed by atoms with Gasteiger partial charge in [0.1, 0.15) is 55.4 Å². The Bertz CT molecular complexity index is 473. The van der Waals surface area contributed by atoms with E-state index in [0.717, 1.165) is 6.92 Å². The van der Waals surface area contributed by atoms with Crippen molar-refractivity contribution in [2.75, 3.05) is 13.2 Å². The molecule has 2 saturated heterocycles. The second-order valence-corrected chi connectivity index (χ2v) is 6.46. The second kappa shape index (κ2) is 8.87. The molecule has 10 atom stereocenters. The highest BCUT2D eigenvalue weighted by molar-refractivity contribution is 5.65. The Hall–Kier alpha value is -0.890. The van der Waals surface area contributed by atoms with E-state index in [1.165, 1.54) is 6.92 Å². The summed E-state index contributed by atoms with van der Waals surface area (Å²) in [6.07, 6.45) is -13.5. The molecule has 0 saturated carbocycles. The molecule has 2 rings (SSSR count). The molecule has 0 bridgehead atoms. The van der Waals surface area contributed by atoms with Crippen LogP contribution in [0.3, 0.4) is 0 Å². The summed E-state index contributed by atoms with van der Waals surface area (Å²) in [6, 6.07) is 0. The Morgan fingerprint density at radius 2 is 1.58 bits per heavy atom. The van der Waals surface area contributed by atoms with E-state index in [0.29, 0.717) is 0 Å². The van der Waals surface area contributed by atoms with E-state index in [-0.39, 0.29) is 0 Å². The summed E-state index contributed by atoms with van der Waals surface area (Å²) in [4.78, 5) is 10.9. The summed E-state index contributed by atoms with van der Waals surface area (Å²) < 4.78 is 20.9. The van der Waals surface area contributed by atoms with Crippen LogP contribution in [0.15, 0.2) is 0 Å². The highest BCUT2D eigenvalue weighted by Crippen LogP contribution is 2.29. The van der Waals surface area contributed by atoms with Gasteiger partial charge in [0, 0.05) is 6.92 Å². The van der Waals surface area contributed by atoms with Crippen molar-refractivity contribution in [2.45, 2.75) is 75.1 Å². The van der Waals surface area contributed by atoms with Crippen molar-refractivity contribution in [1.29, 1.82) is 0 Å². The van der Waals surface area contributed by atoms with Gasteiger partial charge < -0.3 is 49.6 Å². The Labute approximate surface area is 149 Å². The third-order valence-electron chi connectivity index (χ3n) is 4.51. The molecule has 0 radical (unpaired) electrons. The molecule has 0 aromatic rings. The van der Waals surface area contributed by atoms with Crippen molar-refractivity contribution in [3.8, 4) is 0 Å². The summed E-state index contributed by atoms with van der Waals surface area (Å²) in [7, 11) is 0. The molecule has 0 spiro atoms. The largest absolute Gasteiger partial charge is 0.463 e. The zero-order chi connectivity index (χ0) is 19.6. The Kier molecular flexibility index (Phi) is 7.30. The fraction of sp³-hybridized carbons (Fsp3) is 0.933. The Morgan fingerprint density at radius 3 is 2.15 bits per heavy atom. The van der Waals surface area contributed by atoms with E-state index in [2.05, 4.69) is 0 Å². The summed E-state index contributed by atoms with van der Waals surface area (Å²) in [5.74, 6) is -0.632. The number of ether oxygens (including phenoxy) is 4. The van der Waals surface area contributed by atoms with Crippen LogP contribution in [0.25, 0.3) is 0 Å². The van der Waals surface area contributed by atoms with Crippen LogP contribution in [0, 0.1) is 0 Å². The van der Waals surface area contributed by atoms with E-state index in [1.54, 1.807) is 0 Å². The molecule has 11 nitrogen and oxygen atoms in total. The predicted molar refractivity (Wildman–Crippen MR) is 81.6 cm³/mol. The van der Waals surface area contributed by atoms with Crippen molar-refractivity contribution >= 4 is 5.97 Å². The van der Waals surface area contributed by atoms with Gasteiger partial charge in [-0.3, -0.25) is 4.79 Å². The lowest BCUT2D eigenvalue weighted by atomic mass is 9.95. The minimum atomic E-state index is -1.69. The van der Waals surface area contributed by atoms with Crippen LogP contribution in [-0.2, 0) is 23.7 Å². The van der Waals surface area contributed by atoms with Gasteiger partial charge in [-0.25, -0.2) is 0 Å². The molecule has 0 aromatic heterocycles. The lowest BCUT2D eigenvalue weighted by Crippen LogP contribution is -2.64. The first-order valence-corrected chi connectivity index (χ1v) is 8.28.